The molecule has 1 aromatic heterocycles. The van der Waals surface area contributed by atoms with E-state index in [1.165, 1.54) is 0 Å². The molecule has 0 radical (unpaired) electrons. The van der Waals surface area contributed by atoms with Crippen molar-refractivity contribution in [1.29, 1.82) is 0 Å². The van der Waals surface area contributed by atoms with Gasteiger partial charge < -0.3 is 19.9 Å². The molecule has 2 aromatic carbocycles. The van der Waals surface area contributed by atoms with Crippen LogP contribution in [0.25, 0.3) is 11.1 Å². The number of aromatic nitrogens is 1. The molecule has 35 heavy (non-hydrogen) atoms. The number of carboxylic acids is 1. The molecular weight excluding hydrogens is 470 g/mol. The Labute approximate surface area is 207 Å². The Hall–Kier alpha value is -3.62. The Morgan fingerprint density at radius 3 is 2.69 bits per heavy atom. The lowest BCUT2D eigenvalue weighted by Gasteiger charge is -2.19. The zero-order valence-corrected chi connectivity index (χ0v) is 19.6. The van der Waals surface area contributed by atoms with Gasteiger partial charge in [0.05, 0.1) is 16.5 Å². The number of halogens is 1. The van der Waals surface area contributed by atoms with Crippen molar-refractivity contribution in [3.05, 3.63) is 70.9 Å². The molecule has 0 unspecified atom stereocenters. The molecule has 1 atom stereocenters. The number of hydrogen-bond acceptors (Lipinski definition) is 6. The van der Waals surface area contributed by atoms with Crippen LogP contribution in [0.3, 0.4) is 0 Å². The van der Waals surface area contributed by atoms with E-state index in [9.17, 15) is 9.59 Å². The smallest absolute Gasteiger partial charge is 0.307 e. The highest BCUT2D eigenvalue weighted by atomic mass is 35.5. The summed E-state index contributed by atoms with van der Waals surface area (Å²) in [5.74, 6) is 0.315. The van der Waals surface area contributed by atoms with Crippen LogP contribution >= 0.6 is 11.6 Å². The molecule has 0 spiro atoms. The number of pyridine rings is 1. The highest BCUT2D eigenvalue weighted by Gasteiger charge is 2.27. The number of nitrogens with one attached hydrogen (secondary N) is 1. The summed E-state index contributed by atoms with van der Waals surface area (Å²) < 4.78 is 11.2. The fourth-order valence-corrected chi connectivity index (χ4v) is 4.67. The van der Waals surface area contributed by atoms with Crippen molar-refractivity contribution in [3.8, 4) is 22.6 Å². The number of carbonyl (C=O) groups is 2. The van der Waals surface area contributed by atoms with Gasteiger partial charge in [-0.2, -0.15) is 0 Å². The quantitative estimate of drug-likeness (QED) is 0.527. The van der Waals surface area contributed by atoms with Crippen LogP contribution in [-0.4, -0.2) is 53.2 Å². The summed E-state index contributed by atoms with van der Waals surface area (Å²) in [7, 11) is 0. The van der Waals surface area contributed by atoms with Gasteiger partial charge in [0, 0.05) is 24.8 Å². The zero-order chi connectivity index (χ0) is 24.4. The highest BCUT2D eigenvalue weighted by molar-refractivity contribution is 6.37. The van der Waals surface area contributed by atoms with Crippen LogP contribution in [0.5, 0.6) is 11.5 Å². The highest BCUT2D eigenvalue weighted by Crippen LogP contribution is 2.38. The summed E-state index contributed by atoms with van der Waals surface area (Å²) in [6.07, 6.45) is 2.35. The van der Waals surface area contributed by atoms with E-state index < -0.39 is 5.97 Å². The third-order valence-electron chi connectivity index (χ3n) is 6.19. The Kier molecular flexibility index (Phi) is 6.57. The molecule has 1 fully saturated rings. The van der Waals surface area contributed by atoms with E-state index in [4.69, 9.17) is 26.2 Å². The maximum absolute atomic E-state index is 13.0. The number of likely N-dealkylation sites (tertiary alicyclic amines) is 1. The summed E-state index contributed by atoms with van der Waals surface area (Å²) in [5, 5.41) is 12.3. The largest absolute Gasteiger partial charge is 0.486 e. The molecule has 3 heterocycles. The van der Waals surface area contributed by atoms with E-state index in [0.717, 1.165) is 17.7 Å². The number of anilines is 1. The van der Waals surface area contributed by atoms with E-state index in [0.29, 0.717) is 66.2 Å². The fourth-order valence-electron chi connectivity index (χ4n) is 4.35. The van der Waals surface area contributed by atoms with Crippen LogP contribution in [0.1, 0.15) is 22.3 Å². The Bertz CT molecular complexity index is 1260. The van der Waals surface area contributed by atoms with Crippen molar-refractivity contribution in [1.82, 2.24) is 9.88 Å². The lowest BCUT2D eigenvalue weighted by atomic mass is 10.0. The first-order valence-electron chi connectivity index (χ1n) is 11.4. The molecule has 8 nitrogen and oxygen atoms in total. The molecule has 2 aliphatic heterocycles. The Morgan fingerprint density at radius 1 is 1.11 bits per heavy atom. The SMILES string of the molecule is O=C(Nc1ccc(CN2CC[C@H](C(=O)O)C2)cn1)c1cccc(-c2ccc3c(c2)OCCO3)c1Cl. The minimum Gasteiger partial charge on any atom is -0.486 e. The summed E-state index contributed by atoms with van der Waals surface area (Å²) in [4.78, 5) is 30.6. The van der Waals surface area contributed by atoms with Crippen molar-refractivity contribution in [2.45, 2.75) is 13.0 Å². The summed E-state index contributed by atoms with van der Waals surface area (Å²) in [5.41, 5.74) is 2.82. The third-order valence-corrected chi connectivity index (χ3v) is 6.60. The van der Waals surface area contributed by atoms with Gasteiger partial charge >= 0.3 is 5.97 Å². The van der Waals surface area contributed by atoms with Crippen LogP contribution in [0.15, 0.2) is 54.7 Å². The molecule has 0 aliphatic carbocycles. The normalized spacial score (nSPS) is 17.2. The number of carboxylic acid groups (broad SMARTS) is 1. The maximum Gasteiger partial charge on any atom is 0.307 e. The number of ether oxygens (including phenoxy) is 2. The number of benzene rings is 2. The molecule has 5 rings (SSSR count). The predicted octanol–water partition coefficient (Wildman–Crippen LogP) is 4.33. The predicted molar refractivity (Wildman–Crippen MR) is 131 cm³/mol. The average molecular weight is 494 g/mol. The van der Waals surface area contributed by atoms with Gasteiger partial charge in [-0.05, 0) is 48.4 Å². The van der Waals surface area contributed by atoms with Crippen molar-refractivity contribution in [2.75, 3.05) is 31.6 Å². The van der Waals surface area contributed by atoms with Crippen molar-refractivity contribution in [2.24, 2.45) is 5.92 Å². The van der Waals surface area contributed by atoms with Crippen LogP contribution < -0.4 is 14.8 Å². The number of hydrogen-bond donors (Lipinski definition) is 2. The molecule has 1 amide bonds. The van der Waals surface area contributed by atoms with Crippen molar-refractivity contribution < 1.29 is 24.2 Å². The molecule has 180 valence electrons. The van der Waals surface area contributed by atoms with Crippen LogP contribution in [0.2, 0.25) is 5.02 Å². The lowest BCUT2D eigenvalue weighted by molar-refractivity contribution is -0.141. The molecule has 9 heteroatoms. The van der Waals surface area contributed by atoms with Crippen LogP contribution in [0.4, 0.5) is 5.82 Å². The van der Waals surface area contributed by atoms with Crippen molar-refractivity contribution >= 4 is 29.3 Å². The van der Waals surface area contributed by atoms with Gasteiger partial charge in [-0.1, -0.05) is 35.9 Å². The summed E-state index contributed by atoms with van der Waals surface area (Å²) in [6, 6.07) is 14.5. The topological polar surface area (TPSA) is 101 Å². The molecule has 3 aromatic rings. The van der Waals surface area contributed by atoms with Gasteiger partial charge in [0.1, 0.15) is 19.0 Å². The van der Waals surface area contributed by atoms with Crippen LogP contribution in [0, 0.1) is 5.92 Å². The minimum absolute atomic E-state index is 0.316. The zero-order valence-electron chi connectivity index (χ0n) is 18.9. The second kappa shape index (κ2) is 9.93. The molecule has 0 saturated carbocycles. The maximum atomic E-state index is 13.0. The number of nitrogens with zero attached hydrogens (tertiary/aromatic N) is 2. The van der Waals surface area contributed by atoms with Crippen molar-refractivity contribution in [3.63, 3.8) is 0 Å². The van der Waals surface area contributed by atoms with Gasteiger partial charge in [0.2, 0.25) is 0 Å². The van der Waals surface area contributed by atoms with E-state index in [-0.39, 0.29) is 11.8 Å². The van der Waals surface area contributed by atoms with E-state index in [2.05, 4.69) is 15.2 Å². The number of fused-ring (bicyclic) bond motifs is 1. The van der Waals surface area contributed by atoms with Crippen LogP contribution in [-0.2, 0) is 11.3 Å². The number of rotatable bonds is 6. The summed E-state index contributed by atoms with van der Waals surface area (Å²) >= 11 is 6.64. The van der Waals surface area contributed by atoms with E-state index in [1.54, 1.807) is 24.4 Å². The van der Waals surface area contributed by atoms with Gasteiger partial charge in [-0.25, -0.2) is 4.98 Å². The number of amides is 1. The second-order valence-electron chi connectivity index (χ2n) is 8.59. The van der Waals surface area contributed by atoms with Gasteiger partial charge in [-0.3, -0.25) is 14.5 Å². The van der Waals surface area contributed by atoms with E-state index in [1.807, 2.05) is 30.3 Å². The molecule has 2 N–H and O–H groups in total. The van der Waals surface area contributed by atoms with Gasteiger partial charge in [0.25, 0.3) is 5.91 Å². The van der Waals surface area contributed by atoms with Gasteiger partial charge in [-0.15, -0.1) is 0 Å². The third kappa shape index (κ3) is 5.08. The van der Waals surface area contributed by atoms with E-state index >= 15 is 0 Å². The fraction of sp³-hybridized carbons (Fsp3) is 0.269. The Balaban J connectivity index is 1.27. The monoisotopic (exact) mass is 493 g/mol. The lowest BCUT2D eigenvalue weighted by Crippen LogP contribution is -2.23. The molecule has 0 bridgehead atoms. The Morgan fingerprint density at radius 2 is 1.94 bits per heavy atom. The minimum atomic E-state index is -0.750. The second-order valence-corrected chi connectivity index (χ2v) is 8.97. The first-order chi connectivity index (χ1) is 17.0. The first kappa shape index (κ1) is 23.1. The average Bonchev–Trinajstić information content (AvgIpc) is 3.34. The number of aliphatic carboxylic acids is 1. The first-order valence-corrected chi connectivity index (χ1v) is 11.8. The molecule has 1 saturated heterocycles. The number of carbonyl (C=O) groups excluding carboxylic acids is 1. The standard InChI is InChI=1S/C26H24ClN3O5/c27-24-19(17-5-6-21-22(12-17)35-11-10-34-21)2-1-3-20(24)25(31)29-23-7-4-16(13-28-23)14-30-9-8-18(15-30)26(32)33/h1-7,12-13,18H,8-11,14-15H2,(H,32,33)(H,28,29,31)/t18-/m0/s1. The van der Waals surface area contributed by atoms with Gasteiger partial charge in [0.15, 0.2) is 11.5 Å². The molecule has 2 aliphatic rings. The molecular formula is C26H24ClN3O5. The summed E-state index contributed by atoms with van der Waals surface area (Å²) in [6.45, 7) is 2.90.